The number of urea groups is 1. The average Bonchev–Trinajstić information content (AvgIpc) is 3.48. The molecule has 1 saturated heterocycles. The maximum absolute atomic E-state index is 13.0. The van der Waals surface area contributed by atoms with E-state index in [-0.39, 0.29) is 12.1 Å². The number of benzene rings is 2. The quantitative estimate of drug-likeness (QED) is 0.501. The van der Waals surface area contributed by atoms with Crippen molar-refractivity contribution in [1.82, 2.24) is 20.0 Å². The van der Waals surface area contributed by atoms with Crippen molar-refractivity contribution in [2.45, 2.75) is 32.4 Å². The van der Waals surface area contributed by atoms with Crippen LogP contribution in [0.4, 0.5) is 4.79 Å². The monoisotopic (exact) mass is 464 g/mol. The van der Waals surface area contributed by atoms with Crippen LogP contribution in [0.1, 0.15) is 25.3 Å². The van der Waals surface area contributed by atoms with Crippen LogP contribution in [0.2, 0.25) is 0 Å². The van der Waals surface area contributed by atoms with E-state index in [1.54, 1.807) is 16.7 Å². The third-order valence-corrected chi connectivity index (χ3v) is 5.82. The Bertz CT molecular complexity index is 1090. The molecular weight excluding hydrogens is 432 g/mol. The zero-order valence-corrected chi connectivity index (χ0v) is 20.0. The van der Waals surface area contributed by atoms with Crippen molar-refractivity contribution in [2.75, 3.05) is 26.8 Å². The summed E-state index contributed by atoms with van der Waals surface area (Å²) in [6.07, 6.45) is 1.98. The number of carbonyl (C=O) groups excluding carboxylic acids is 1. The second-order valence-corrected chi connectivity index (χ2v) is 8.23. The van der Waals surface area contributed by atoms with Gasteiger partial charge >= 0.3 is 6.03 Å². The summed E-state index contributed by atoms with van der Waals surface area (Å²) in [5.74, 6) is 1.76. The Balaban J connectivity index is 1.74. The number of hydrogen-bond acceptors (Lipinski definition) is 5. The van der Waals surface area contributed by atoms with Crippen LogP contribution in [0.3, 0.4) is 0 Å². The van der Waals surface area contributed by atoms with Gasteiger partial charge in [0.15, 0.2) is 11.5 Å². The third-order valence-electron chi connectivity index (χ3n) is 5.82. The average molecular weight is 465 g/mol. The minimum absolute atomic E-state index is 0.0260. The lowest BCUT2D eigenvalue weighted by Gasteiger charge is -2.26. The number of para-hydroxylation sites is 2. The van der Waals surface area contributed by atoms with E-state index in [1.165, 1.54) is 0 Å². The van der Waals surface area contributed by atoms with Crippen LogP contribution < -0.4 is 14.8 Å². The predicted molar refractivity (Wildman–Crippen MR) is 130 cm³/mol. The van der Waals surface area contributed by atoms with Gasteiger partial charge in [-0.3, -0.25) is 0 Å². The Labute approximate surface area is 200 Å². The van der Waals surface area contributed by atoms with E-state index in [4.69, 9.17) is 19.3 Å². The molecule has 1 atom stereocenters. The smallest absolute Gasteiger partial charge is 0.317 e. The number of nitrogens with zero attached hydrogens (tertiary/aromatic N) is 3. The van der Waals surface area contributed by atoms with Crippen LogP contribution in [0.5, 0.6) is 17.4 Å². The molecule has 0 aliphatic carbocycles. The summed E-state index contributed by atoms with van der Waals surface area (Å²) in [6.45, 7) is 4.03. The number of aromatic nitrogens is 2. The molecule has 4 rings (SSSR count). The molecule has 2 aromatic carbocycles. The molecule has 34 heavy (non-hydrogen) atoms. The SMILES string of the molecule is CCNC(=O)N(Cc1c(-c2ccccc2)nn(C)c1Oc1ccccc1OC)C[C@H]1CCCO1. The fraction of sp³-hybridized carbons (Fsp3) is 0.385. The van der Waals surface area contributed by atoms with E-state index >= 15 is 0 Å². The van der Waals surface area contributed by atoms with Gasteiger partial charge in [-0.25, -0.2) is 9.48 Å². The number of methoxy groups -OCH3 is 1. The van der Waals surface area contributed by atoms with Crippen molar-refractivity contribution in [3.8, 4) is 28.6 Å². The summed E-state index contributed by atoms with van der Waals surface area (Å²) in [6, 6.07) is 17.3. The summed E-state index contributed by atoms with van der Waals surface area (Å²) in [7, 11) is 3.46. The Morgan fingerprint density at radius 2 is 1.91 bits per heavy atom. The number of hydrogen-bond donors (Lipinski definition) is 1. The minimum atomic E-state index is -0.135. The lowest BCUT2D eigenvalue weighted by atomic mass is 10.1. The molecule has 0 radical (unpaired) electrons. The second kappa shape index (κ2) is 11.1. The van der Waals surface area contributed by atoms with Gasteiger partial charge in [0.05, 0.1) is 25.3 Å². The van der Waals surface area contributed by atoms with Crippen LogP contribution in [0.15, 0.2) is 54.6 Å². The van der Waals surface area contributed by atoms with Gasteiger partial charge < -0.3 is 24.4 Å². The zero-order valence-electron chi connectivity index (χ0n) is 20.0. The molecular formula is C26H32N4O4. The lowest BCUT2D eigenvalue weighted by molar-refractivity contribution is 0.0794. The van der Waals surface area contributed by atoms with Crippen LogP contribution in [0.25, 0.3) is 11.3 Å². The molecule has 1 aliphatic rings. The maximum Gasteiger partial charge on any atom is 0.317 e. The first kappa shape index (κ1) is 23.6. The van der Waals surface area contributed by atoms with Crippen LogP contribution in [-0.4, -0.2) is 53.6 Å². The van der Waals surface area contributed by atoms with Gasteiger partial charge in [-0.05, 0) is 31.9 Å². The summed E-state index contributed by atoms with van der Waals surface area (Å²) in [4.78, 5) is 14.8. The first-order valence-corrected chi connectivity index (χ1v) is 11.7. The molecule has 0 bridgehead atoms. The van der Waals surface area contributed by atoms with E-state index < -0.39 is 0 Å². The molecule has 8 nitrogen and oxygen atoms in total. The van der Waals surface area contributed by atoms with Gasteiger partial charge in [0.1, 0.15) is 5.69 Å². The normalized spacial score (nSPS) is 15.2. The van der Waals surface area contributed by atoms with E-state index in [9.17, 15) is 4.79 Å². The van der Waals surface area contributed by atoms with Crippen molar-refractivity contribution in [2.24, 2.45) is 7.05 Å². The fourth-order valence-corrected chi connectivity index (χ4v) is 4.17. The van der Waals surface area contributed by atoms with Crippen molar-refractivity contribution in [1.29, 1.82) is 0 Å². The van der Waals surface area contributed by atoms with Crippen molar-refractivity contribution in [3.63, 3.8) is 0 Å². The number of rotatable bonds is 9. The summed E-state index contributed by atoms with van der Waals surface area (Å²) < 4.78 is 19.4. The summed E-state index contributed by atoms with van der Waals surface area (Å²) in [5, 5.41) is 7.72. The van der Waals surface area contributed by atoms with E-state index in [1.807, 2.05) is 68.6 Å². The standard InChI is InChI=1S/C26H32N4O4/c1-4-27-26(31)30(17-20-13-10-16-33-20)18-21-24(19-11-6-5-7-12-19)28-29(2)25(21)34-23-15-9-8-14-22(23)32-3/h5-9,11-12,14-15,20H,4,10,13,16-18H2,1-3H3,(H,27,31)/t20-/m1/s1. The van der Waals surface area contributed by atoms with Gasteiger partial charge in [0.25, 0.3) is 0 Å². The van der Waals surface area contributed by atoms with Gasteiger partial charge in [0, 0.05) is 32.3 Å². The van der Waals surface area contributed by atoms with Crippen molar-refractivity contribution in [3.05, 3.63) is 60.2 Å². The molecule has 2 heterocycles. The molecule has 1 fully saturated rings. The molecule has 8 heteroatoms. The van der Waals surface area contributed by atoms with Gasteiger partial charge in [-0.1, -0.05) is 42.5 Å². The molecule has 0 spiro atoms. The first-order valence-electron chi connectivity index (χ1n) is 11.7. The van der Waals surface area contributed by atoms with Gasteiger partial charge in [-0.2, -0.15) is 5.10 Å². The van der Waals surface area contributed by atoms with Crippen LogP contribution in [0, 0.1) is 0 Å². The topological polar surface area (TPSA) is 77.9 Å². The molecule has 3 aromatic rings. The second-order valence-electron chi connectivity index (χ2n) is 8.23. The van der Waals surface area contributed by atoms with Crippen molar-refractivity contribution < 1.29 is 19.0 Å². The molecule has 0 saturated carbocycles. The maximum atomic E-state index is 13.0. The number of amides is 2. The van der Waals surface area contributed by atoms with E-state index in [2.05, 4.69) is 5.32 Å². The number of nitrogens with one attached hydrogen (secondary N) is 1. The van der Waals surface area contributed by atoms with E-state index in [0.29, 0.717) is 37.0 Å². The highest BCUT2D eigenvalue weighted by Gasteiger charge is 2.28. The minimum Gasteiger partial charge on any atom is -0.493 e. The van der Waals surface area contributed by atoms with Crippen LogP contribution in [-0.2, 0) is 18.3 Å². The zero-order chi connectivity index (χ0) is 23.9. The molecule has 1 N–H and O–H groups in total. The highest BCUT2D eigenvalue weighted by Crippen LogP contribution is 2.37. The number of ether oxygens (including phenoxy) is 3. The van der Waals surface area contributed by atoms with Gasteiger partial charge in [0.2, 0.25) is 5.88 Å². The van der Waals surface area contributed by atoms with E-state index in [0.717, 1.165) is 36.3 Å². The number of aryl methyl sites for hydroxylation is 1. The fourth-order valence-electron chi connectivity index (χ4n) is 4.17. The number of carbonyl (C=O) groups is 1. The summed E-state index contributed by atoms with van der Waals surface area (Å²) in [5.41, 5.74) is 2.55. The third kappa shape index (κ3) is 5.34. The highest BCUT2D eigenvalue weighted by molar-refractivity contribution is 5.75. The molecule has 0 unspecified atom stereocenters. The molecule has 1 aromatic heterocycles. The Morgan fingerprint density at radius 3 is 2.59 bits per heavy atom. The predicted octanol–water partition coefficient (Wildman–Crippen LogP) is 4.60. The molecule has 180 valence electrons. The largest absolute Gasteiger partial charge is 0.493 e. The first-order chi connectivity index (χ1) is 16.6. The van der Waals surface area contributed by atoms with Crippen molar-refractivity contribution >= 4 is 6.03 Å². The highest BCUT2D eigenvalue weighted by atomic mass is 16.5. The Hall–Kier alpha value is -3.52. The van der Waals surface area contributed by atoms with Crippen LogP contribution >= 0.6 is 0 Å². The molecule has 1 aliphatic heterocycles. The molecule has 2 amide bonds. The Morgan fingerprint density at radius 1 is 1.18 bits per heavy atom. The Kier molecular flexibility index (Phi) is 7.69. The summed E-state index contributed by atoms with van der Waals surface area (Å²) >= 11 is 0. The van der Waals surface area contributed by atoms with Gasteiger partial charge in [-0.15, -0.1) is 0 Å². The lowest BCUT2D eigenvalue weighted by Crippen LogP contribution is -2.43.